The summed E-state index contributed by atoms with van der Waals surface area (Å²) >= 11 is 0. The molecule has 1 rings (SSSR count). The molecule has 1 aromatic carbocycles. The second kappa shape index (κ2) is 4.13. The number of rotatable bonds is 3. The lowest BCUT2D eigenvalue weighted by molar-refractivity contribution is -0.517. The number of amides is 1. The number of hydroxylamine groups is 1. The summed E-state index contributed by atoms with van der Waals surface area (Å²) in [6.45, 7) is 2.98. The maximum Gasteiger partial charge on any atom is 0.289 e. The zero-order valence-corrected chi connectivity index (χ0v) is 8.81. The summed E-state index contributed by atoms with van der Waals surface area (Å²) in [5.74, 6) is -0.648. The second-order valence-electron chi connectivity index (χ2n) is 3.79. The molecule has 0 radical (unpaired) electrons. The van der Waals surface area contributed by atoms with Crippen LogP contribution in [-0.4, -0.2) is 22.4 Å². The van der Waals surface area contributed by atoms with Gasteiger partial charge in [0.1, 0.15) is 0 Å². The molecule has 0 saturated heterocycles. The molecule has 0 aliphatic rings. The summed E-state index contributed by atoms with van der Waals surface area (Å²) in [7, 11) is 0. The first-order valence-corrected chi connectivity index (χ1v) is 4.61. The smallest absolute Gasteiger partial charge is 0.289 e. The number of hydrogen-bond acceptors (Lipinski definition) is 2. The van der Waals surface area contributed by atoms with Crippen LogP contribution < -0.4 is 5.73 Å². The Bertz CT molecular complexity index is 383. The van der Waals surface area contributed by atoms with Crippen LogP contribution in [0.3, 0.4) is 0 Å². The highest BCUT2D eigenvalue weighted by atomic mass is 16.5. The third-order valence-electron chi connectivity index (χ3n) is 2.22. The fraction of sp³-hybridized carbons (Fsp3) is 0.273. The summed E-state index contributed by atoms with van der Waals surface area (Å²) in [4.78, 5) is 11.0. The minimum atomic E-state index is -1.23. The highest BCUT2D eigenvalue weighted by Gasteiger charge is 2.33. The van der Waals surface area contributed by atoms with Gasteiger partial charge in [-0.15, -0.1) is 0 Å². The van der Waals surface area contributed by atoms with Crippen LogP contribution in [0.4, 0.5) is 0 Å². The number of hydrogen-bond donors (Lipinski definition) is 1. The molecule has 0 aromatic heterocycles. The van der Waals surface area contributed by atoms with Crippen LogP contribution in [0.2, 0.25) is 0 Å². The van der Waals surface area contributed by atoms with Crippen molar-refractivity contribution < 1.29 is 9.53 Å². The monoisotopic (exact) mass is 206 g/mol. The van der Waals surface area contributed by atoms with Crippen LogP contribution in [0.15, 0.2) is 30.3 Å². The number of carbonyl (C=O) groups is 1. The molecule has 1 aromatic rings. The average Bonchev–Trinajstić information content (AvgIpc) is 2.18. The molecule has 0 heterocycles. The van der Waals surface area contributed by atoms with E-state index in [1.54, 1.807) is 12.1 Å². The molecule has 80 valence electrons. The fourth-order valence-corrected chi connectivity index (χ4v) is 0.944. The molecule has 0 bridgehead atoms. The summed E-state index contributed by atoms with van der Waals surface area (Å²) in [6, 6.07) is 9.05. The molecule has 0 fully saturated rings. The Morgan fingerprint density at radius 1 is 1.40 bits per heavy atom. The standard InChI is InChI=1S/C11H14N2O2/c1-11(2,10(12)14)13(15)8-9-6-4-3-5-7-9/h3-8H,1-2H3,(H2,12,14)/b13-8-. The van der Waals surface area contributed by atoms with Crippen LogP contribution >= 0.6 is 0 Å². The Morgan fingerprint density at radius 3 is 2.40 bits per heavy atom. The van der Waals surface area contributed by atoms with Crippen molar-refractivity contribution in [1.82, 2.24) is 0 Å². The van der Waals surface area contributed by atoms with Crippen molar-refractivity contribution in [3.63, 3.8) is 0 Å². The lowest BCUT2D eigenvalue weighted by Gasteiger charge is -2.19. The quantitative estimate of drug-likeness (QED) is 0.345. The summed E-state index contributed by atoms with van der Waals surface area (Å²) in [5, 5.41) is 11.6. The van der Waals surface area contributed by atoms with E-state index in [9.17, 15) is 10.0 Å². The van der Waals surface area contributed by atoms with Crippen molar-refractivity contribution in [2.45, 2.75) is 19.4 Å². The minimum absolute atomic E-state index is 0.574. The first kappa shape index (κ1) is 11.2. The Kier molecular flexibility index (Phi) is 3.09. The van der Waals surface area contributed by atoms with Crippen molar-refractivity contribution in [1.29, 1.82) is 0 Å². The predicted molar refractivity (Wildman–Crippen MR) is 58.5 cm³/mol. The Balaban J connectivity index is 2.99. The number of carbonyl (C=O) groups excluding carboxylic acids is 1. The van der Waals surface area contributed by atoms with E-state index in [-0.39, 0.29) is 0 Å². The molecule has 0 atom stereocenters. The normalized spacial score (nSPS) is 12.5. The molecule has 4 heteroatoms. The molecule has 0 aliphatic heterocycles. The van der Waals surface area contributed by atoms with Crippen LogP contribution in [0.5, 0.6) is 0 Å². The largest absolute Gasteiger partial charge is 0.623 e. The lowest BCUT2D eigenvalue weighted by atomic mass is 10.1. The van der Waals surface area contributed by atoms with Crippen molar-refractivity contribution in [2.75, 3.05) is 0 Å². The fourth-order valence-electron chi connectivity index (χ4n) is 0.944. The Hall–Kier alpha value is -1.84. The molecule has 0 aliphatic carbocycles. The van der Waals surface area contributed by atoms with E-state index in [0.717, 1.165) is 5.56 Å². The second-order valence-corrected chi connectivity index (χ2v) is 3.79. The molecule has 2 N–H and O–H groups in total. The van der Waals surface area contributed by atoms with Gasteiger partial charge in [-0.05, 0) is 12.1 Å². The first-order chi connectivity index (χ1) is 6.94. The number of nitrogens with two attached hydrogens (primary N) is 1. The van der Waals surface area contributed by atoms with Crippen LogP contribution in [0.25, 0.3) is 0 Å². The molecular weight excluding hydrogens is 192 g/mol. The van der Waals surface area contributed by atoms with Gasteiger partial charge >= 0.3 is 0 Å². The van der Waals surface area contributed by atoms with Crippen molar-refractivity contribution in [3.8, 4) is 0 Å². The van der Waals surface area contributed by atoms with E-state index in [0.29, 0.717) is 4.74 Å². The van der Waals surface area contributed by atoms with Crippen LogP contribution in [-0.2, 0) is 4.79 Å². The third kappa shape index (κ3) is 2.56. The molecule has 0 spiro atoms. The number of primary amides is 1. The summed E-state index contributed by atoms with van der Waals surface area (Å²) < 4.78 is 0.574. The van der Waals surface area contributed by atoms with Gasteiger partial charge in [0, 0.05) is 19.4 Å². The van der Waals surface area contributed by atoms with Crippen molar-refractivity contribution in [2.24, 2.45) is 5.73 Å². The first-order valence-electron chi connectivity index (χ1n) is 4.61. The van der Waals surface area contributed by atoms with Gasteiger partial charge in [0.05, 0.1) is 0 Å². The molecular formula is C11H14N2O2. The van der Waals surface area contributed by atoms with E-state index in [1.807, 2.05) is 18.2 Å². The highest BCUT2D eigenvalue weighted by molar-refractivity contribution is 5.84. The maximum absolute atomic E-state index is 11.6. The average molecular weight is 206 g/mol. The molecule has 4 nitrogen and oxygen atoms in total. The molecule has 0 saturated carbocycles. The third-order valence-corrected chi connectivity index (χ3v) is 2.22. The Morgan fingerprint density at radius 2 is 1.93 bits per heavy atom. The zero-order chi connectivity index (χ0) is 11.5. The van der Waals surface area contributed by atoms with Gasteiger partial charge in [-0.1, -0.05) is 18.2 Å². The zero-order valence-electron chi connectivity index (χ0n) is 8.81. The van der Waals surface area contributed by atoms with Crippen LogP contribution in [0.1, 0.15) is 19.4 Å². The van der Waals surface area contributed by atoms with E-state index in [4.69, 9.17) is 5.73 Å². The lowest BCUT2D eigenvalue weighted by Crippen LogP contribution is -2.46. The van der Waals surface area contributed by atoms with Gasteiger partial charge in [0.2, 0.25) is 5.54 Å². The van der Waals surface area contributed by atoms with Crippen LogP contribution in [0, 0.1) is 5.21 Å². The molecule has 1 amide bonds. The van der Waals surface area contributed by atoms with Gasteiger partial charge in [-0.2, -0.15) is 4.74 Å². The number of nitrogens with zero attached hydrogens (tertiary/aromatic N) is 1. The van der Waals surface area contributed by atoms with Gasteiger partial charge < -0.3 is 10.9 Å². The van der Waals surface area contributed by atoms with Gasteiger partial charge in [-0.3, -0.25) is 4.79 Å². The van der Waals surface area contributed by atoms with Gasteiger partial charge in [0.15, 0.2) is 6.21 Å². The minimum Gasteiger partial charge on any atom is -0.623 e. The highest BCUT2D eigenvalue weighted by Crippen LogP contribution is 2.07. The number of benzene rings is 1. The predicted octanol–water partition coefficient (Wildman–Crippen LogP) is 0.880. The Labute approximate surface area is 88.6 Å². The topological polar surface area (TPSA) is 69.2 Å². The van der Waals surface area contributed by atoms with Crippen molar-refractivity contribution in [3.05, 3.63) is 41.1 Å². The molecule has 0 unspecified atom stereocenters. The van der Waals surface area contributed by atoms with E-state index in [2.05, 4.69) is 0 Å². The van der Waals surface area contributed by atoms with E-state index in [1.165, 1.54) is 20.1 Å². The molecule has 15 heavy (non-hydrogen) atoms. The van der Waals surface area contributed by atoms with Gasteiger partial charge in [-0.25, -0.2) is 0 Å². The van der Waals surface area contributed by atoms with Crippen molar-refractivity contribution >= 4 is 12.1 Å². The SMILES string of the molecule is CC(C)(C(N)=O)/[N+]([O-])=C/c1ccccc1. The summed E-state index contributed by atoms with van der Waals surface area (Å²) in [5.41, 5.74) is 4.64. The van der Waals surface area contributed by atoms with Gasteiger partial charge in [0.25, 0.3) is 5.91 Å². The van der Waals surface area contributed by atoms with E-state index >= 15 is 0 Å². The maximum atomic E-state index is 11.6. The summed E-state index contributed by atoms with van der Waals surface area (Å²) in [6.07, 6.45) is 1.35. The van der Waals surface area contributed by atoms with E-state index < -0.39 is 11.4 Å².